The molecule has 0 bridgehead atoms. The van der Waals surface area contributed by atoms with Gasteiger partial charge in [0.1, 0.15) is 5.15 Å². The Balaban J connectivity index is 2.09. The van der Waals surface area contributed by atoms with Gasteiger partial charge in [-0.2, -0.15) is 0 Å². The van der Waals surface area contributed by atoms with Crippen molar-refractivity contribution < 1.29 is 9.47 Å². The Morgan fingerprint density at radius 1 is 1.40 bits per heavy atom. The summed E-state index contributed by atoms with van der Waals surface area (Å²) in [6, 6.07) is 4.14. The van der Waals surface area contributed by atoms with Crippen LogP contribution in [0.25, 0.3) is 0 Å². The fourth-order valence-corrected chi connectivity index (χ4v) is 2.66. The highest BCUT2D eigenvalue weighted by molar-refractivity contribution is 6.29. The summed E-state index contributed by atoms with van der Waals surface area (Å²) in [4.78, 5) is 6.78. The van der Waals surface area contributed by atoms with E-state index in [2.05, 4.69) is 15.2 Å². The molecule has 1 aromatic rings. The molecule has 1 atom stereocenters. The van der Waals surface area contributed by atoms with Gasteiger partial charge in [0.25, 0.3) is 0 Å². The quantitative estimate of drug-likeness (QED) is 0.806. The Hall–Kier alpha value is -0.720. The molecular formula is C14H22ClN3O2. The van der Waals surface area contributed by atoms with Gasteiger partial charge in [-0.3, -0.25) is 4.90 Å². The minimum atomic E-state index is 0.260. The van der Waals surface area contributed by atoms with E-state index in [4.69, 9.17) is 21.1 Å². The van der Waals surface area contributed by atoms with Crippen molar-refractivity contribution in [2.75, 3.05) is 47.0 Å². The smallest absolute Gasteiger partial charge is 0.129 e. The first-order valence-corrected chi connectivity index (χ1v) is 7.21. The molecule has 112 valence electrons. The molecular weight excluding hydrogens is 278 g/mol. The lowest BCUT2D eigenvalue weighted by atomic mass is 10.0. The first-order chi connectivity index (χ1) is 9.74. The van der Waals surface area contributed by atoms with Crippen molar-refractivity contribution >= 4 is 11.6 Å². The molecule has 5 nitrogen and oxygen atoms in total. The van der Waals surface area contributed by atoms with E-state index in [0.717, 1.165) is 38.5 Å². The highest BCUT2D eigenvalue weighted by Crippen LogP contribution is 2.22. The third-order valence-corrected chi connectivity index (χ3v) is 3.71. The van der Waals surface area contributed by atoms with Crippen LogP contribution in [0, 0.1) is 0 Å². The van der Waals surface area contributed by atoms with E-state index in [9.17, 15) is 0 Å². The zero-order valence-electron chi connectivity index (χ0n) is 12.1. The van der Waals surface area contributed by atoms with Crippen molar-refractivity contribution in [1.82, 2.24) is 15.2 Å². The molecule has 2 rings (SSSR count). The number of pyridine rings is 1. The summed E-state index contributed by atoms with van der Waals surface area (Å²) in [5.41, 5.74) is 2.07. The van der Waals surface area contributed by atoms with Gasteiger partial charge in [-0.1, -0.05) is 17.7 Å². The topological polar surface area (TPSA) is 46.6 Å². The molecule has 2 heterocycles. The second-order valence-corrected chi connectivity index (χ2v) is 5.29. The van der Waals surface area contributed by atoms with E-state index in [0.29, 0.717) is 11.8 Å². The summed E-state index contributed by atoms with van der Waals surface area (Å²) < 4.78 is 10.4. The minimum absolute atomic E-state index is 0.260. The Morgan fingerprint density at radius 2 is 2.25 bits per heavy atom. The molecule has 1 unspecified atom stereocenters. The lowest BCUT2D eigenvalue weighted by molar-refractivity contribution is 0.125. The third kappa shape index (κ3) is 4.14. The molecule has 20 heavy (non-hydrogen) atoms. The van der Waals surface area contributed by atoms with Crippen molar-refractivity contribution in [2.24, 2.45) is 0 Å². The van der Waals surface area contributed by atoms with Gasteiger partial charge in [0.15, 0.2) is 0 Å². The summed E-state index contributed by atoms with van der Waals surface area (Å²) in [6.45, 7) is 5.14. The van der Waals surface area contributed by atoms with Gasteiger partial charge in [-0.15, -0.1) is 0 Å². The number of halogens is 1. The Kier molecular flexibility index (Phi) is 6.19. The molecule has 1 aliphatic heterocycles. The summed E-state index contributed by atoms with van der Waals surface area (Å²) >= 11 is 5.97. The van der Waals surface area contributed by atoms with E-state index in [1.165, 1.54) is 5.56 Å². The molecule has 0 radical (unpaired) electrons. The van der Waals surface area contributed by atoms with Crippen molar-refractivity contribution in [3.8, 4) is 0 Å². The molecule has 1 aromatic heterocycles. The van der Waals surface area contributed by atoms with E-state index in [-0.39, 0.29) is 6.04 Å². The highest BCUT2D eigenvalue weighted by Gasteiger charge is 2.23. The van der Waals surface area contributed by atoms with Crippen LogP contribution in [0.1, 0.15) is 17.3 Å². The van der Waals surface area contributed by atoms with Gasteiger partial charge < -0.3 is 14.8 Å². The summed E-state index contributed by atoms with van der Waals surface area (Å²) in [7, 11) is 3.41. The van der Waals surface area contributed by atoms with Crippen LogP contribution in [0.4, 0.5) is 0 Å². The average molecular weight is 300 g/mol. The first-order valence-electron chi connectivity index (χ1n) is 6.83. The van der Waals surface area contributed by atoms with E-state index in [1.54, 1.807) is 14.2 Å². The van der Waals surface area contributed by atoms with Crippen molar-refractivity contribution in [2.45, 2.75) is 12.6 Å². The molecule has 6 heteroatoms. The number of rotatable bonds is 6. The van der Waals surface area contributed by atoms with Crippen molar-refractivity contribution in [3.63, 3.8) is 0 Å². The number of hydrogen-bond acceptors (Lipinski definition) is 5. The summed E-state index contributed by atoms with van der Waals surface area (Å²) in [5.74, 6) is 0. The number of hydrogen-bond donors (Lipinski definition) is 1. The van der Waals surface area contributed by atoms with Gasteiger partial charge >= 0.3 is 0 Å². The van der Waals surface area contributed by atoms with Crippen LogP contribution in [-0.4, -0.2) is 56.9 Å². The maximum atomic E-state index is 5.97. The molecule has 1 aliphatic rings. The van der Waals surface area contributed by atoms with Crippen LogP contribution in [0.2, 0.25) is 5.15 Å². The second-order valence-electron chi connectivity index (χ2n) is 4.90. The monoisotopic (exact) mass is 299 g/mol. The van der Waals surface area contributed by atoms with Crippen LogP contribution in [0.5, 0.6) is 0 Å². The second kappa shape index (κ2) is 7.90. The number of methoxy groups -OCH3 is 2. The predicted molar refractivity (Wildman–Crippen MR) is 79.0 cm³/mol. The summed E-state index contributed by atoms with van der Waals surface area (Å²) in [6.07, 6.45) is 0. The number of aromatic nitrogens is 1. The Bertz CT molecular complexity index is 431. The number of piperazine rings is 1. The number of nitrogens with zero attached hydrogens (tertiary/aromatic N) is 2. The normalized spacial score (nSPS) is 20.2. The highest BCUT2D eigenvalue weighted by atomic mass is 35.5. The molecule has 0 spiro atoms. The molecule has 0 aliphatic carbocycles. The maximum Gasteiger partial charge on any atom is 0.129 e. The van der Waals surface area contributed by atoms with Crippen LogP contribution in [-0.2, 0) is 16.1 Å². The lowest BCUT2D eigenvalue weighted by Gasteiger charge is -2.34. The number of ether oxygens (including phenoxy) is 2. The lowest BCUT2D eigenvalue weighted by Crippen LogP contribution is -2.47. The molecule has 0 amide bonds. The zero-order chi connectivity index (χ0) is 14.4. The van der Waals surface area contributed by atoms with Crippen LogP contribution >= 0.6 is 11.6 Å². The maximum absolute atomic E-state index is 5.97. The molecule has 1 N–H and O–H groups in total. The van der Waals surface area contributed by atoms with Gasteiger partial charge in [-0.25, -0.2) is 4.98 Å². The molecule has 0 saturated carbocycles. The van der Waals surface area contributed by atoms with Gasteiger partial charge in [-0.05, 0) is 11.6 Å². The van der Waals surface area contributed by atoms with Crippen LogP contribution in [0.3, 0.4) is 0 Å². The average Bonchev–Trinajstić information content (AvgIpc) is 2.46. The third-order valence-electron chi connectivity index (χ3n) is 3.50. The van der Waals surface area contributed by atoms with E-state index >= 15 is 0 Å². The first kappa shape index (κ1) is 15.7. The van der Waals surface area contributed by atoms with Crippen molar-refractivity contribution in [3.05, 3.63) is 28.5 Å². The van der Waals surface area contributed by atoms with E-state index in [1.807, 2.05) is 12.1 Å². The zero-order valence-corrected chi connectivity index (χ0v) is 12.8. The fourth-order valence-electron chi connectivity index (χ4n) is 2.50. The Labute approximate surface area is 125 Å². The molecule has 0 aromatic carbocycles. The standard InChI is InChI=1S/C14H22ClN3O2/c1-19-8-7-18-6-5-16-12(9-18)11-3-4-14(15)17-13(11)10-20-2/h3-4,12,16H,5-10H2,1-2H3. The fraction of sp³-hybridized carbons (Fsp3) is 0.643. The van der Waals surface area contributed by atoms with Crippen LogP contribution < -0.4 is 5.32 Å². The largest absolute Gasteiger partial charge is 0.383 e. The minimum Gasteiger partial charge on any atom is -0.383 e. The van der Waals surface area contributed by atoms with Gasteiger partial charge in [0.05, 0.1) is 18.9 Å². The number of nitrogens with one attached hydrogen (secondary N) is 1. The Morgan fingerprint density at radius 3 is 3.00 bits per heavy atom. The molecule has 1 saturated heterocycles. The van der Waals surface area contributed by atoms with Crippen LogP contribution in [0.15, 0.2) is 12.1 Å². The predicted octanol–water partition coefficient (Wildman–Crippen LogP) is 1.47. The van der Waals surface area contributed by atoms with Gasteiger partial charge in [0, 0.05) is 46.4 Å². The van der Waals surface area contributed by atoms with Crippen molar-refractivity contribution in [1.29, 1.82) is 0 Å². The van der Waals surface area contributed by atoms with E-state index < -0.39 is 0 Å². The molecule has 1 fully saturated rings. The van der Waals surface area contributed by atoms with Gasteiger partial charge in [0.2, 0.25) is 0 Å². The summed E-state index contributed by atoms with van der Waals surface area (Å²) in [5, 5.41) is 4.05. The SMILES string of the molecule is COCCN1CCNC(c2ccc(Cl)nc2COC)C1.